The quantitative estimate of drug-likeness (QED) is 0.852. The highest BCUT2D eigenvalue weighted by molar-refractivity contribution is 7.89. The molecule has 0 atom stereocenters. The van der Waals surface area contributed by atoms with Crippen molar-refractivity contribution in [3.05, 3.63) is 30.3 Å². The van der Waals surface area contributed by atoms with E-state index in [2.05, 4.69) is 13.8 Å². The summed E-state index contributed by atoms with van der Waals surface area (Å²) in [5.74, 6) is 0. The highest BCUT2D eigenvalue weighted by atomic mass is 32.2. The van der Waals surface area contributed by atoms with Crippen molar-refractivity contribution < 1.29 is 8.42 Å². The lowest BCUT2D eigenvalue weighted by molar-refractivity contribution is 0.174. The molecular formula is C15H23NO2S. The van der Waals surface area contributed by atoms with Crippen LogP contribution < -0.4 is 0 Å². The number of hydrogen-bond donors (Lipinski definition) is 0. The monoisotopic (exact) mass is 281 g/mol. The zero-order valence-electron chi connectivity index (χ0n) is 12.0. The maximum atomic E-state index is 12.5. The molecular weight excluding hydrogens is 258 g/mol. The molecule has 106 valence electrons. The van der Waals surface area contributed by atoms with Crippen molar-refractivity contribution >= 4 is 10.0 Å². The van der Waals surface area contributed by atoms with Gasteiger partial charge in [0.1, 0.15) is 0 Å². The highest BCUT2D eigenvalue weighted by Gasteiger charge is 2.33. The average molecular weight is 281 g/mol. The predicted octanol–water partition coefficient (Wildman–Crippen LogP) is 3.28. The summed E-state index contributed by atoms with van der Waals surface area (Å²) in [6, 6.07) is 8.84. The van der Waals surface area contributed by atoms with Crippen LogP contribution in [0.3, 0.4) is 0 Å². The topological polar surface area (TPSA) is 37.4 Å². The Morgan fingerprint density at radius 3 is 2.16 bits per heavy atom. The molecule has 0 heterocycles. The zero-order valence-corrected chi connectivity index (χ0v) is 12.8. The minimum absolute atomic E-state index is 0.137. The zero-order chi connectivity index (χ0) is 14.1. The van der Waals surface area contributed by atoms with Gasteiger partial charge in [0.15, 0.2) is 0 Å². The summed E-state index contributed by atoms with van der Waals surface area (Å²) in [5.41, 5.74) is 0.355. The van der Waals surface area contributed by atoms with E-state index in [1.807, 2.05) is 6.07 Å². The van der Waals surface area contributed by atoms with E-state index >= 15 is 0 Å². The van der Waals surface area contributed by atoms with Crippen molar-refractivity contribution in [2.24, 2.45) is 5.41 Å². The summed E-state index contributed by atoms with van der Waals surface area (Å²) < 4.78 is 26.6. The van der Waals surface area contributed by atoms with E-state index in [1.54, 1.807) is 35.6 Å². The minimum Gasteiger partial charge on any atom is -0.207 e. The third-order valence-corrected chi connectivity index (χ3v) is 6.17. The predicted molar refractivity (Wildman–Crippen MR) is 77.4 cm³/mol. The van der Waals surface area contributed by atoms with Crippen molar-refractivity contribution in [1.29, 1.82) is 0 Å². The molecule has 1 aromatic rings. The second-order valence-corrected chi connectivity index (χ2v) is 8.23. The van der Waals surface area contributed by atoms with Crippen LogP contribution in [0.4, 0.5) is 0 Å². The number of nitrogens with zero attached hydrogens (tertiary/aromatic N) is 1. The highest BCUT2D eigenvalue weighted by Crippen LogP contribution is 2.37. The first-order valence-electron chi connectivity index (χ1n) is 6.86. The van der Waals surface area contributed by atoms with Crippen LogP contribution in [0.2, 0.25) is 0 Å². The maximum Gasteiger partial charge on any atom is 0.243 e. The minimum atomic E-state index is -3.34. The third kappa shape index (κ3) is 3.18. The van der Waals surface area contributed by atoms with Crippen molar-refractivity contribution in [3.8, 4) is 0 Å². The van der Waals surface area contributed by atoms with Crippen LogP contribution in [0.5, 0.6) is 0 Å². The maximum absolute atomic E-state index is 12.5. The smallest absolute Gasteiger partial charge is 0.207 e. The Labute approximate surface area is 116 Å². The molecule has 0 N–H and O–H groups in total. The number of hydrogen-bond acceptors (Lipinski definition) is 2. The van der Waals surface area contributed by atoms with E-state index < -0.39 is 10.0 Å². The fraction of sp³-hybridized carbons (Fsp3) is 0.600. The van der Waals surface area contributed by atoms with E-state index in [-0.39, 0.29) is 6.04 Å². The molecule has 19 heavy (non-hydrogen) atoms. The fourth-order valence-electron chi connectivity index (χ4n) is 2.70. The van der Waals surface area contributed by atoms with Gasteiger partial charge in [0.25, 0.3) is 0 Å². The molecule has 0 spiro atoms. The van der Waals surface area contributed by atoms with Crippen LogP contribution in [-0.2, 0) is 10.0 Å². The standard InChI is InChI=1S/C15H23NO2S/c1-15(2)11-9-13(10-12-15)16(3)19(17,18)14-7-5-4-6-8-14/h4-8,13H,9-12H2,1-3H3. The molecule has 0 radical (unpaired) electrons. The Kier molecular flexibility index (Phi) is 4.02. The molecule has 1 fully saturated rings. The molecule has 3 nitrogen and oxygen atoms in total. The Morgan fingerprint density at radius 2 is 1.63 bits per heavy atom. The lowest BCUT2D eigenvalue weighted by Crippen LogP contribution is -2.40. The summed E-state index contributed by atoms with van der Waals surface area (Å²) in [7, 11) is -1.63. The molecule has 1 aliphatic rings. The SMILES string of the molecule is CN(C1CCC(C)(C)CC1)S(=O)(=O)c1ccccc1. The van der Waals surface area contributed by atoms with Gasteiger partial charge in [0.2, 0.25) is 10.0 Å². The Morgan fingerprint density at radius 1 is 1.11 bits per heavy atom. The van der Waals surface area contributed by atoms with E-state index in [9.17, 15) is 8.42 Å². The largest absolute Gasteiger partial charge is 0.243 e. The van der Waals surface area contributed by atoms with Gasteiger partial charge >= 0.3 is 0 Å². The molecule has 1 aliphatic carbocycles. The molecule has 2 rings (SSSR count). The summed E-state index contributed by atoms with van der Waals surface area (Å²) in [6.07, 6.45) is 4.09. The van der Waals surface area contributed by atoms with Crippen LogP contribution in [0.1, 0.15) is 39.5 Å². The van der Waals surface area contributed by atoms with Gasteiger partial charge in [0.05, 0.1) is 4.90 Å². The molecule has 0 amide bonds. The van der Waals surface area contributed by atoms with Crippen LogP contribution in [-0.4, -0.2) is 25.8 Å². The number of sulfonamides is 1. The van der Waals surface area contributed by atoms with Gasteiger partial charge < -0.3 is 0 Å². The second-order valence-electron chi connectivity index (χ2n) is 6.23. The van der Waals surface area contributed by atoms with Crippen molar-refractivity contribution in [1.82, 2.24) is 4.31 Å². The van der Waals surface area contributed by atoms with Crippen LogP contribution in [0.25, 0.3) is 0 Å². The molecule has 1 saturated carbocycles. The summed E-state index contributed by atoms with van der Waals surface area (Å²) in [4.78, 5) is 0.391. The van der Waals surface area contributed by atoms with Gasteiger partial charge in [-0.25, -0.2) is 8.42 Å². The van der Waals surface area contributed by atoms with Crippen molar-refractivity contribution in [3.63, 3.8) is 0 Å². The molecule has 4 heteroatoms. The summed E-state index contributed by atoms with van der Waals surface area (Å²) in [5, 5.41) is 0. The molecule has 0 saturated heterocycles. The normalized spacial score (nSPS) is 20.6. The van der Waals surface area contributed by atoms with Gasteiger partial charge in [-0.15, -0.1) is 0 Å². The average Bonchev–Trinajstić information content (AvgIpc) is 2.39. The van der Waals surface area contributed by atoms with Gasteiger partial charge in [-0.3, -0.25) is 0 Å². The Hall–Kier alpha value is -0.870. The summed E-state index contributed by atoms with van der Waals surface area (Å²) in [6.45, 7) is 4.52. The molecule has 0 aliphatic heterocycles. The first kappa shape index (κ1) is 14.5. The van der Waals surface area contributed by atoms with Gasteiger partial charge in [0, 0.05) is 13.1 Å². The molecule has 1 aromatic carbocycles. The lowest BCUT2D eigenvalue weighted by Gasteiger charge is -2.38. The van der Waals surface area contributed by atoms with E-state index in [0.29, 0.717) is 10.3 Å². The fourth-order valence-corrected chi connectivity index (χ4v) is 4.14. The first-order valence-corrected chi connectivity index (χ1v) is 8.30. The Balaban J connectivity index is 2.14. The van der Waals surface area contributed by atoms with Crippen LogP contribution in [0.15, 0.2) is 35.2 Å². The third-order valence-electron chi connectivity index (χ3n) is 4.24. The van der Waals surface area contributed by atoms with Crippen molar-refractivity contribution in [2.75, 3.05) is 7.05 Å². The van der Waals surface area contributed by atoms with E-state index in [0.717, 1.165) is 25.7 Å². The molecule has 0 unspecified atom stereocenters. The van der Waals surface area contributed by atoms with E-state index in [1.165, 1.54) is 0 Å². The number of rotatable bonds is 3. The van der Waals surface area contributed by atoms with Crippen molar-refractivity contribution in [2.45, 2.75) is 50.5 Å². The van der Waals surface area contributed by atoms with Crippen LogP contribution in [0, 0.1) is 5.41 Å². The molecule has 0 bridgehead atoms. The first-order chi connectivity index (χ1) is 8.83. The number of benzene rings is 1. The lowest BCUT2D eigenvalue weighted by atomic mass is 9.76. The van der Waals surface area contributed by atoms with Gasteiger partial charge in [-0.2, -0.15) is 4.31 Å². The summed E-state index contributed by atoms with van der Waals surface area (Å²) >= 11 is 0. The van der Waals surface area contributed by atoms with Crippen LogP contribution >= 0.6 is 0 Å². The Bertz CT molecular complexity index is 512. The molecule has 0 aromatic heterocycles. The van der Waals surface area contributed by atoms with Gasteiger partial charge in [-0.1, -0.05) is 32.0 Å². The van der Waals surface area contributed by atoms with E-state index in [4.69, 9.17) is 0 Å². The second kappa shape index (κ2) is 5.25. The van der Waals surface area contributed by atoms with Gasteiger partial charge in [-0.05, 0) is 43.2 Å².